The van der Waals surface area contributed by atoms with Gasteiger partial charge in [0.25, 0.3) is 0 Å². The van der Waals surface area contributed by atoms with Gasteiger partial charge in [-0.05, 0) is 53.7 Å². The summed E-state index contributed by atoms with van der Waals surface area (Å²) in [5, 5.41) is 15.2. The largest absolute Gasteiger partial charge is 0.383 e. The predicted molar refractivity (Wildman–Crippen MR) is 94.8 cm³/mol. The minimum absolute atomic E-state index is 0.245. The lowest BCUT2D eigenvalue weighted by Gasteiger charge is -2.37. The van der Waals surface area contributed by atoms with Crippen LogP contribution >= 0.6 is 23.8 Å². The molecule has 1 aliphatic carbocycles. The van der Waals surface area contributed by atoms with Crippen LogP contribution in [-0.2, 0) is 6.54 Å². The van der Waals surface area contributed by atoms with Crippen molar-refractivity contribution < 1.29 is 5.11 Å². The highest BCUT2D eigenvalue weighted by Crippen LogP contribution is 2.50. The molecule has 1 fully saturated rings. The first kappa shape index (κ1) is 16.4. The van der Waals surface area contributed by atoms with Gasteiger partial charge in [-0.3, -0.25) is 9.78 Å². The zero-order valence-corrected chi connectivity index (χ0v) is 14.8. The quantitative estimate of drug-likeness (QED) is 0.815. The van der Waals surface area contributed by atoms with Crippen LogP contribution in [0.1, 0.15) is 32.3 Å². The molecule has 1 aromatic carbocycles. The zero-order chi connectivity index (χ0) is 16.7. The molecule has 122 valence electrons. The van der Waals surface area contributed by atoms with Crippen LogP contribution in [0.4, 0.5) is 0 Å². The van der Waals surface area contributed by atoms with E-state index >= 15 is 0 Å². The van der Waals surface area contributed by atoms with Crippen LogP contribution in [-0.4, -0.2) is 25.5 Å². The minimum atomic E-state index is -0.975. The molecule has 6 heteroatoms. The van der Waals surface area contributed by atoms with E-state index < -0.39 is 5.60 Å². The lowest BCUT2D eigenvalue weighted by molar-refractivity contribution is -0.0301. The summed E-state index contributed by atoms with van der Waals surface area (Å²) in [6, 6.07) is 7.64. The Morgan fingerprint density at radius 1 is 1.39 bits per heavy atom. The summed E-state index contributed by atoms with van der Waals surface area (Å²) in [7, 11) is 0. The summed E-state index contributed by atoms with van der Waals surface area (Å²) < 4.78 is 2.17. The maximum atomic E-state index is 11.5. The molecule has 23 heavy (non-hydrogen) atoms. The molecule has 1 heterocycles. The molecule has 0 amide bonds. The van der Waals surface area contributed by atoms with Crippen molar-refractivity contribution in [3.8, 4) is 0 Å². The smallest absolute Gasteiger partial charge is 0.215 e. The number of aromatic amines is 1. The van der Waals surface area contributed by atoms with E-state index in [1.165, 1.54) is 0 Å². The van der Waals surface area contributed by atoms with Gasteiger partial charge in [-0.1, -0.05) is 43.7 Å². The molecule has 2 aromatic rings. The van der Waals surface area contributed by atoms with E-state index in [1.54, 1.807) is 11.0 Å². The van der Waals surface area contributed by atoms with E-state index in [1.807, 2.05) is 24.3 Å². The predicted octanol–water partition coefficient (Wildman–Crippen LogP) is 4.23. The van der Waals surface area contributed by atoms with E-state index in [0.717, 1.165) is 24.0 Å². The minimum Gasteiger partial charge on any atom is -0.383 e. The summed E-state index contributed by atoms with van der Waals surface area (Å²) in [6.07, 6.45) is 5.39. The van der Waals surface area contributed by atoms with Crippen molar-refractivity contribution in [1.82, 2.24) is 14.8 Å². The van der Waals surface area contributed by atoms with Gasteiger partial charge >= 0.3 is 0 Å². The molecule has 1 aromatic heterocycles. The second-order valence-electron chi connectivity index (χ2n) is 6.72. The van der Waals surface area contributed by atoms with E-state index in [4.69, 9.17) is 23.8 Å². The Kier molecular flexibility index (Phi) is 4.21. The molecule has 3 rings (SSSR count). The maximum Gasteiger partial charge on any atom is 0.215 e. The van der Waals surface area contributed by atoms with Gasteiger partial charge in [0.15, 0.2) is 0 Å². The van der Waals surface area contributed by atoms with Gasteiger partial charge in [0.05, 0.1) is 6.54 Å². The van der Waals surface area contributed by atoms with Gasteiger partial charge in [-0.15, -0.1) is 0 Å². The number of benzene rings is 1. The monoisotopic (exact) mass is 349 g/mol. The van der Waals surface area contributed by atoms with Gasteiger partial charge in [0, 0.05) is 5.02 Å². The van der Waals surface area contributed by atoms with E-state index in [-0.39, 0.29) is 5.41 Å². The van der Waals surface area contributed by atoms with Gasteiger partial charge in [0.2, 0.25) is 4.77 Å². The van der Waals surface area contributed by atoms with Crippen LogP contribution in [0.25, 0.3) is 6.08 Å². The van der Waals surface area contributed by atoms with Crippen molar-refractivity contribution in [2.24, 2.45) is 5.41 Å². The Labute approximate surface area is 145 Å². The molecule has 0 bridgehead atoms. The molecule has 1 aliphatic rings. The van der Waals surface area contributed by atoms with Crippen LogP contribution in [0.3, 0.4) is 0 Å². The molecular weight excluding hydrogens is 330 g/mol. The summed E-state index contributed by atoms with van der Waals surface area (Å²) in [4.78, 5) is 4.03. The fourth-order valence-corrected chi connectivity index (χ4v) is 3.48. The number of rotatable bonds is 3. The lowest BCUT2D eigenvalue weighted by Crippen LogP contribution is -2.45. The number of aromatic nitrogens is 3. The van der Waals surface area contributed by atoms with Crippen molar-refractivity contribution >= 4 is 29.9 Å². The Hall–Kier alpha value is -1.43. The van der Waals surface area contributed by atoms with Gasteiger partial charge in [0.1, 0.15) is 11.9 Å². The van der Waals surface area contributed by atoms with Crippen LogP contribution in [0.15, 0.2) is 36.2 Å². The Balaban J connectivity index is 2.00. The summed E-state index contributed by atoms with van der Waals surface area (Å²) in [5.41, 5.74) is 0.831. The van der Waals surface area contributed by atoms with Gasteiger partial charge < -0.3 is 5.11 Å². The molecule has 1 atom stereocenters. The van der Waals surface area contributed by atoms with Crippen LogP contribution < -0.4 is 0 Å². The molecule has 0 aliphatic heterocycles. The van der Waals surface area contributed by atoms with Crippen molar-refractivity contribution in [3.63, 3.8) is 0 Å². The van der Waals surface area contributed by atoms with Crippen LogP contribution in [0, 0.1) is 10.2 Å². The van der Waals surface area contributed by atoms with Gasteiger partial charge in [-0.25, -0.2) is 4.98 Å². The second-order valence-corrected chi connectivity index (χ2v) is 7.52. The Bertz CT molecular complexity index is 791. The summed E-state index contributed by atoms with van der Waals surface area (Å²) in [5.74, 6) is 0. The third kappa shape index (κ3) is 3.01. The number of nitrogens with zero attached hydrogens (tertiary/aromatic N) is 2. The van der Waals surface area contributed by atoms with E-state index in [0.29, 0.717) is 16.3 Å². The first-order valence-electron chi connectivity index (χ1n) is 7.61. The van der Waals surface area contributed by atoms with Crippen molar-refractivity contribution in [2.45, 2.75) is 38.8 Å². The highest BCUT2D eigenvalue weighted by molar-refractivity contribution is 7.71. The molecule has 0 saturated heterocycles. The lowest BCUT2D eigenvalue weighted by atomic mass is 9.76. The number of hydrogen-bond acceptors (Lipinski definition) is 3. The average molecular weight is 350 g/mol. The molecule has 2 N–H and O–H groups in total. The topological polar surface area (TPSA) is 53.8 Å². The van der Waals surface area contributed by atoms with E-state index in [2.05, 4.69) is 30.0 Å². The van der Waals surface area contributed by atoms with Crippen LogP contribution in [0.2, 0.25) is 5.02 Å². The van der Waals surface area contributed by atoms with E-state index in [9.17, 15) is 5.11 Å². The maximum absolute atomic E-state index is 11.5. The Morgan fingerprint density at radius 2 is 2.09 bits per heavy atom. The number of nitrogens with one attached hydrogen (secondary N) is 1. The zero-order valence-electron chi connectivity index (χ0n) is 13.2. The van der Waals surface area contributed by atoms with Crippen molar-refractivity contribution in [3.05, 3.63) is 51.5 Å². The highest BCUT2D eigenvalue weighted by Gasteiger charge is 2.51. The third-order valence-electron chi connectivity index (χ3n) is 4.89. The average Bonchev–Trinajstić information content (AvgIpc) is 2.98. The molecule has 4 nitrogen and oxygen atoms in total. The molecule has 1 saturated carbocycles. The normalized spacial score (nSPS) is 25.1. The molecule has 1 unspecified atom stereocenters. The number of aliphatic hydroxyl groups is 1. The molecular formula is C17H20ClN3OS. The molecule has 0 spiro atoms. The highest BCUT2D eigenvalue weighted by atomic mass is 35.5. The number of halogens is 1. The first-order valence-corrected chi connectivity index (χ1v) is 8.40. The SMILES string of the molecule is CC1(C)CC/C(=C\c2ccc(Cl)cc2)C1(O)Cn1[nH]cnc1=S. The summed E-state index contributed by atoms with van der Waals surface area (Å²) >= 11 is 11.1. The van der Waals surface area contributed by atoms with Gasteiger partial charge in [-0.2, -0.15) is 0 Å². The van der Waals surface area contributed by atoms with Crippen molar-refractivity contribution in [1.29, 1.82) is 0 Å². The van der Waals surface area contributed by atoms with Crippen LogP contribution in [0.5, 0.6) is 0 Å². The first-order chi connectivity index (χ1) is 10.8. The summed E-state index contributed by atoms with van der Waals surface area (Å²) in [6.45, 7) is 4.56. The van der Waals surface area contributed by atoms with Crippen molar-refractivity contribution in [2.75, 3.05) is 0 Å². The number of H-pyrrole nitrogens is 1. The molecule has 0 radical (unpaired) electrons. The Morgan fingerprint density at radius 3 is 2.70 bits per heavy atom. The second kappa shape index (κ2) is 5.89. The number of hydrogen-bond donors (Lipinski definition) is 2. The fraction of sp³-hybridized carbons (Fsp3) is 0.412. The third-order valence-corrected chi connectivity index (χ3v) is 5.47. The fourth-order valence-electron chi connectivity index (χ4n) is 3.18. The standard InChI is InChI=1S/C17H20ClN3OS/c1-16(2)8-7-13(9-12-3-5-14(18)6-4-12)17(16,22)10-21-15(23)19-11-20-21/h3-6,9,11,22H,7-8,10H2,1-2H3,(H,19,20,23)/b13-9+.